The molecular formula is C33H42N6O13. The van der Waals surface area contributed by atoms with Crippen LogP contribution in [-0.4, -0.2) is 92.2 Å². The molecule has 2 aromatic rings. The Morgan fingerprint density at radius 2 is 1.37 bits per heavy atom. The summed E-state index contributed by atoms with van der Waals surface area (Å²) >= 11 is 0. The van der Waals surface area contributed by atoms with E-state index in [1.165, 1.54) is 12.1 Å². The fourth-order valence-corrected chi connectivity index (χ4v) is 4.59. The lowest BCUT2D eigenvalue weighted by Gasteiger charge is -2.28. The van der Waals surface area contributed by atoms with Gasteiger partial charge in [0, 0.05) is 24.2 Å². The zero-order valence-electron chi connectivity index (χ0n) is 28.6. The van der Waals surface area contributed by atoms with E-state index in [2.05, 4.69) is 26.6 Å². The Balaban J connectivity index is 2.21. The molecule has 0 unspecified atom stereocenters. The van der Waals surface area contributed by atoms with E-state index in [9.17, 15) is 59.0 Å². The average Bonchev–Trinajstić information content (AvgIpc) is 3.09. The molecule has 52 heavy (non-hydrogen) atoms. The first-order valence-corrected chi connectivity index (χ1v) is 16.1. The molecule has 0 aliphatic carbocycles. The van der Waals surface area contributed by atoms with Crippen LogP contribution < -0.4 is 26.6 Å². The van der Waals surface area contributed by atoms with Crippen molar-refractivity contribution in [2.75, 3.05) is 5.32 Å². The molecule has 0 aromatic heterocycles. The van der Waals surface area contributed by atoms with Gasteiger partial charge < -0.3 is 46.6 Å². The van der Waals surface area contributed by atoms with Crippen molar-refractivity contribution < 1.29 is 58.5 Å². The molecular weight excluding hydrogens is 688 g/mol. The van der Waals surface area contributed by atoms with Gasteiger partial charge in [-0.05, 0) is 37.0 Å². The predicted molar refractivity (Wildman–Crippen MR) is 181 cm³/mol. The maximum atomic E-state index is 13.4. The van der Waals surface area contributed by atoms with E-state index in [0.717, 1.165) is 19.1 Å². The third kappa shape index (κ3) is 14.0. The molecule has 0 radical (unpaired) electrons. The Labute approximate surface area is 297 Å². The minimum Gasteiger partial charge on any atom is -0.481 e. The van der Waals surface area contributed by atoms with Gasteiger partial charge in [-0.25, -0.2) is 4.79 Å². The lowest BCUT2D eigenvalue weighted by molar-refractivity contribution is -0.384. The highest BCUT2D eigenvalue weighted by Crippen LogP contribution is 2.16. The van der Waals surface area contributed by atoms with Crippen LogP contribution >= 0.6 is 0 Å². The van der Waals surface area contributed by atoms with Crippen molar-refractivity contribution in [1.82, 2.24) is 21.3 Å². The lowest BCUT2D eigenvalue weighted by Crippen LogP contribution is -2.61. The molecule has 282 valence electrons. The second kappa shape index (κ2) is 20.5. The van der Waals surface area contributed by atoms with Gasteiger partial charge in [0.25, 0.3) is 5.69 Å². The number of nitro groups is 1. The summed E-state index contributed by atoms with van der Waals surface area (Å²) in [7, 11) is 0. The van der Waals surface area contributed by atoms with Crippen molar-refractivity contribution in [2.24, 2.45) is 5.92 Å². The smallest absolute Gasteiger partial charge is 0.408 e. The van der Waals surface area contributed by atoms with Gasteiger partial charge >= 0.3 is 18.0 Å². The molecule has 0 aliphatic heterocycles. The summed E-state index contributed by atoms with van der Waals surface area (Å²) in [6.07, 6.45) is -4.24. The Kier molecular flexibility index (Phi) is 16.6. The number of nitro benzene ring substituents is 1. The number of nitrogens with one attached hydrogen (secondary N) is 5. The number of non-ortho nitro benzene ring substituents is 1. The summed E-state index contributed by atoms with van der Waals surface area (Å²) in [5.74, 6) is -7.57. The standard InChI is InChI=1S/C33H42N6O13/c1-4-18(2)27(38-33(49)52-17-20-8-6-5-7-9-20)31(47)35-23(14-15-25(41)42)29(45)37-28(19(3)40)32(48)36-24(16-26(43)44)30(46)34-21-10-12-22(13-11-21)39(50)51/h5-13,18-19,23-24,27-28,40H,4,14-17H2,1-3H3,(H,34,46)(H,35,47)(H,36,48)(H,37,45)(H,38,49)(H,41,42)(H,43,44)/t18-,19-,23+,24+,27+,28+/m1/s1. The lowest BCUT2D eigenvalue weighted by atomic mass is 9.97. The molecule has 6 atom stereocenters. The van der Waals surface area contributed by atoms with Crippen LogP contribution in [0.2, 0.25) is 0 Å². The molecule has 0 aliphatic rings. The number of rotatable bonds is 20. The maximum absolute atomic E-state index is 13.4. The zero-order valence-corrected chi connectivity index (χ0v) is 28.6. The van der Waals surface area contributed by atoms with Gasteiger partial charge in [0.2, 0.25) is 23.6 Å². The fourth-order valence-electron chi connectivity index (χ4n) is 4.59. The van der Waals surface area contributed by atoms with Crippen LogP contribution in [0, 0.1) is 16.0 Å². The number of aliphatic hydroxyl groups excluding tert-OH is 1. The van der Waals surface area contributed by atoms with Crippen molar-refractivity contribution in [2.45, 2.75) is 83.3 Å². The molecule has 8 N–H and O–H groups in total. The Morgan fingerprint density at radius 3 is 1.90 bits per heavy atom. The van der Waals surface area contributed by atoms with Crippen LogP contribution in [0.5, 0.6) is 0 Å². The zero-order chi connectivity index (χ0) is 39.0. The van der Waals surface area contributed by atoms with Crippen LogP contribution in [0.15, 0.2) is 54.6 Å². The fraction of sp³-hybridized carbons (Fsp3) is 0.424. The number of amides is 5. The minimum absolute atomic E-state index is 0.0345. The summed E-state index contributed by atoms with van der Waals surface area (Å²) in [6.45, 7) is 4.39. The molecule has 5 amide bonds. The van der Waals surface area contributed by atoms with Crippen molar-refractivity contribution in [1.29, 1.82) is 0 Å². The first-order valence-electron chi connectivity index (χ1n) is 16.1. The summed E-state index contributed by atoms with van der Waals surface area (Å²) in [5.41, 5.74) is 0.436. The number of aliphatic carboxylic acids is 2. The number of carboxylic acids is 2. The minimum atomic E-state index is -1.84. The number of carbonyl (C=O) groups excluding carboxylic acids is 5. The van der Waals surface area contributed by atoms with E-state index in [0.29, 0.717) is 12.0 Å². The van der Waals surface area contributed by atoms with Gasteiger partial charge in [-0.2, -0.15) is 0 Å². The Morgan fingerprint density at radius 1 is 0.769 bits per heavy atom. The van der Waals surface area contributed by atoms with Crippen LogP contribution in [0.4, 0.5) is 16.2 Å². The third-order valence-corrected chi connectivity index (χ3v) is 7.68. The number of hydrogen-bond donors (Lipinski definition) is 8. The van der Waals surface area contributed by atoms with E-state index in [1.807, 2.05) is 0 Å². The van der Waals surface area contributed by atoms with E-state index in [1.54, 1.807) is 44.2 Å². The summed E-state index contributed by atoms with van der Waals surface area (Å²) in [6, 6.07) is 6.79. The molecule has 0 heterocycles. The van der Waals surface area contributed by atoms with E-state index < -0.39 is 102 Å². The second-order valence-electron chi connectivity index (χ2n) is 11.7. The van der Waals surface area contributed by atoms with Crippen molar-refractivity contribution in [3.05, 3.63) is 70.3 Å². The van der Waals surface area contributed by atoms with Gasteiger partial charge in [-0.3, -0.25) is 38.9 Å². The number of ether oxygens (including phenoxy) is 1. The summed E-state index contributed by atoms with van der Waals surface area (Å²) in [5, 5.41) is 51.4. The van der Waals surface area contributed by atoms with Crippen LogP contribution in [0.1, 0.15) is 52.0 Å². The number of hydrogen-bond acceptors (Lipinski definition) is 11. The molecule has 0 saturated carbocycles. The van der Waals surface area contributed by atoms with Gasteiger partial charge in [0.05, 0.1) is 17.4 Å². The molecule has 19 nitrogen and oxygen atoms in total. The third-order valence-electron chi connectivity index (χ3n) is 7.68. The number of carboxylic acid groups (broad SMARTS) is 2. The number of nitrogens with zero attached hydrogens (tertiary/aromatic N) is 1. The second-order valence-corrected chi connectivity index (χ2v) is 11.7. The van der Waals surface area contributed by atoms with Crippen molar-refractivity contribution in [3.8, 4) is 0 Å². The first-order chi connectivity index (χ1) is 24.5. The molecule has 0 fully saturated rings. The molecule has 19 heteroatoms. The molecule has 2 rings (SSSR count). The Bertz CT molecular complexity index is 1590. The van der Waals surface area contributed by atoms with Crippen molar-refractivity contribution >= 4 is 53.0 Å². The highest BCUT2D eigenvalue weighted by molar-refractivity contribution is 6.00. The average molecular weight is 731 g/mol. The van der Waals surface area contributed by atoms with Crippen LogP contribution in [0.25, 0.3) is 0 Å². The molecule has 2 aromatic carbocycles. The number of carbonyl (C=O) groups is 7. The highest BCUT2D eigenvalue weighted by Gasteiger charge is 2.35. The predicted octanol–water partition coefficient (Wildman–Crippen LogP) is 1.05. The van der Waals surface area contributed by atoms with Crippen LogP contribution in [-0.2, 0) is 40.1 Å². The molecule has 0 saturated heterocycles. The summed E-state index contributed by atoms with van der Waals surface area (Å²) < 4.78 is 5.21. The van der Waals surface area contributed by atoms with Crippen molar-refractivity contribution in [3.63, 3.8) is 0 Å². The van der Waals surface area contributed by atoms with Gasteiger partial charge in [-0.1, -0.05) is 50.6 Å². The first kappa shape index (κ1) is 42.1. The number of aliphatic hydroxyl groups is 1. The molecule has 0 bridgehead atoms. The van der Waals surface area contributed by atoms with Gasteiger partial charge in [-0.15, -0.1) is 0 Å². The quantitative estimate of drug-likeness (QED) is 0.0699. The Hall–Kier alpha value is -6.11. The normalized spacial score (nSPS) is 14.2. The highest BCUT2D eigenvalue weighted by atomic mass is 16.6. The SMILES string of the molecule is CC[C@@H](C)[C@H](NC(=O)OCc1ccccc1)C(=O)N[C@@H](CCC(=O)O)C(=O)N[C@H](C(=O)N[C@@H](CC(=O)O)C(=O)Nc1ccc([N+](=O)[O-])cc1)[C@@H](C)O. The number of anilines is 1. The van der Waals surface area contributed by atoms with E-state index in [-0.39, 0.29) is 18.0 Å². The topological polar surface area (TPSA) is 293 Å². The van der Waals surface area contributed by atoms with Crippen LogP contribution in [0.3, 0.4) is 0 Å². The van der Waals surface area contributed by atoms with Gasteiger partial charge in [0.15, 0.2) is 0 Å². The molecule has 0 spiro atoms. The number of alkyl carbamates (subject to hydrolysis) is 1. The largest absolute Gasteiger partial charge is 0.481 e. The number of benzene rings is 2. The van der Waals surface area contributed by atoms with E-state index in [4.69, 9.17) is 4.74 Å². The monoisotopic (exact) mass is 730 g/mol. The maximum Gasteiger partial charge on any atom is 0.408 e. The summed E-state index contributed by atoms with van der Waals surface area (Å²) in [4.78, 5) is 98.7. The van der Waals surface area contributed by atoms with Gasteiger partial charge in [0.1, 0.15) is 30.8 Å². The van der Waals surface area contributed by atoms with E-state index >= 15 is 0 Å².